The van der Waals surface area contributed by atoms with E-state index in [1.807, 2.05) is 13.8 Å². The Morgan fingerprint density at radius 3 is 2.50 bits per heavy atom. The lowest BCUT2D eigenvalue weighted by atomic mass is 10.0. The summed E-state index contributed by atoms with van der Waals surface area (Å²) in [6.45, 7) is 3.72. The highest BCUT2D eigenvalue weighted by Gasteiger charge is 2.08. The minimum absolute atomic E-state index is 0.620. The Kier molecular flexibility index (Phi) is 2.91. The van der Waals surface area contributed by atoms with Crippen molar-refractivity contribution in [2.45, 2.75) is 13.8 Å². The molecule has 1 aromatic carbocycles. The number of rotatable bonds is 1. The number of halogens is 2. The highest BCUT2D eigenvalue weighted by atomic mass is 79.9. The SMILES string of the molecule is Cc1c(Cl)cc(Br)c(C)c1C=O. The summed E-state index contributed by atoms with van der Waals surface area (Å²) in [5.41, 5.74) is 2.45. The lowest BCUT2D eigenvalue weighted by molar-refractivity contribution is 0.112. The molecule has 3 heteroatoms. The van der Waals surface area contributed by atoms with Crippen molar-refractivity contribution in [2.24, 2.45) is 0 Å². The zero-order valence-corrected chi connectivity index (χ0v) is 9.16. The summed E-state index contributed by atoms with van der Waals surface area (Å²) in [6, 6.07) is 1.80. The van der Waals surface area contributed by atoms with E-state index in [1.165, 1.54) is 0 Å². The van der Waals surface area contributed by atoms with Crippen LogP contribution in [0.2, 0.25) is 5.02 Å². The van der Waals surface area contributed by atoms with Gasteiger partial charge in [-0.2, -0.15) is 0 Å². The fraction of sp³-hybridized carbons (Fsp3) is 0.222. The Morgan fingerprint density at radius 2 is 2.00 bits per heavy atom. The summed E-state index contributed by atoms with van der Waals surface area (Å²) >= 11 is 9.21. The summed E-state index contributed by atoms with van der Waals surface area (Å²) in [6.07, 6.45) is 0.835. The van der Waals surface area contributed by atoms with Gasteiger partial charge < -0.3 is 0 Å². The van der Waals surface area contributed by atoms with E-state index in [4.69, 9.17) is 11.6 Å². The zero-order chi connectivity index (χ0) is 9.30. The first-order chi connectivity index (χ1) is 5.57. The van der Waals surface area contributed by atoms with Gasteiger partial charge in [0.2, 0.25) is 0 Å². The third-order valence-corrected chi connectivity index (χ3v) is 3.11. The van der Waals surface area contributed by atoms with E-state index in [2.05, 4.69) is 15.9 Å². The van der Waals surface area contributed by atoms with Gasteiger partial charge >= 0.3 is 0 Å². The summed E-state index contributed by atoms with van der Waals surface area (Å²) in [7, 11) is 0. The van der Waals surface area contributed by atoms with E-state index >= 15 is 0 Å². The van der Waals surface area contributed by atoms with Crippen LogP contribution >= 0.6 is 27.5 Å². The van der Waals surface area contributed by atoms with E-state index in [9.17, 15) is 4.79 Å². The second kappa shape index (κ2) is 3.58. The van der Waals surface area contributed by atoms with Gasteiger partial charge in [-0.25, -0.2) is 0 Å². The second-order valence-corrected chi connectivity index (χ2v) is 3.88. The van der Waals surface area contributed by atoms with E-state index in [0.717, 1.165) is 21.9 Å². The maximum absolute atomic E-state index is 10.7. The topological polar surface area (TPSA) is 17.1 Å². The highest BCUT2D eigenvalue weighted by Crippen LogP contribution is 2.28. The summed E-state index contributed by atoms with van der Waals surface area (Å²) in [4.78, 5) is 10.7. The van der Waals surface area contributed by atoms with Crippen LogP contribution in [0.15, 0.2) is 10.5 Å². The molecule has 0 amide bonds. The Hall–Kier alpha value is -0.340. The van der Waals surface area contributed by atoms with Gasteiger partial charge in [0.05, 0.1) is 0 Å². The van der Waals surface area contributed by atoms with Crippen LogP contribution < -0.4 is 0 Å². The van der Waals surface area contributed by atoms with Gasteiger partial charge in [0.1, 0.15) is 0 Å². The quantitative estimate of drug-likeness (QED) is 0.694. The molecule has 0 N–H and O–H groups in total. The van der Waals surface area contributed by atoms with Gasteiger partial charge in [0.15, 0.2) is 6.29 Å². The van der Waals surface area contributed by atoms with E-state index in [-0.39, 0.29) is 0 Å². The first-order valence-corrected chi connectivity index (χ1v) is 4.65. The molecular weight excluding hydrogens is 239 g/mol. The van der Waals surface area contributed by atoms with Gasteiger partial charge in [-0.3, -0.25) is 4.79 Å². The molecule has 64 valence electrons. The van der Waals surface area contributed by atoms with Crippen molar-refractivity contribution in [3.63, 3.8) is 0 Å². The summed E-state index contributed by atoms with van der Waals surface area (Å²) in [5.74, 6) is 0. The molecule has 0 unspecified atom stereocenters. The van der Waals surface area contributed by atoms with Crippen LogP contribution in [0.25, 0.3) is 0 Å². The summed E-state index contributed by atoms with van der Waals surface area (Å²) < 4.78 is 0.875. The van der Waals surface area contributed by atoms with Gasteiger partial charge in [0.25, 0.3) is 0 Å². The predicted molar refractivity (Wildman–Crippen MR) is 54.0 cm³/mol. The van der Waals surface area contributed by atoms with Gasteiger partial charge in [-0.15, -0.1) is 0 Å². The standard InChI is InChI=1S/C9H8BrClO/c1-5-7(4-12)6(2)9(11)3-8(5)10/h3-4H,1-2H3. The molecule has 0 heterocycles. The molecule has 0 saturated heterocycles. The van der Waals surface area contributed by atoms with Gasteiger partial charge in [-0.1, -0.05) is 27.5 Å². The third-order valence-electron chi connectivity index (χ3n) is 1.90. The summed E-state index contributed by atoms with van der Waals surface area (Å²) in [5, 5.41) is 0.620. The Balaban J connectivity index is 3.52. The monoisotopic (exact) mass is 246 g/mol. The second-order valence-electron chi connectivity index (χ2n) is 2.62. The molecule has 12 heavy (non-hydrogen) atoms. The van der Waals surface area contributed by atoms with Gasteiger partial charge in [-0.05, 0) is 31.0 Å². The molecule has 0 atom stereocenters. The molecule has 1 aromatic rings. The smallest absolute Gasteiger partial charge is 0.150 e. The minimum Gasteiger partial charge on any atom is -0.298 e. The number of carbonyl (C=O) groups excluding carboxylic acids is 1. The lowest BCUT2D eigenvalue weighted by Crippen LogP contribution is -1.93. The molecule has 0 bridgehead atoms. The molecule has 1 rings (SSSR count). The third kappa shape index (κ3) is 1.54. The maximum atomic E-state index is 10.7. The Morgan fingerprint density at radius 1 is 1.42 bits per heavy atom. The first kappa shape index (κ1) is 9.75. The van der Waals surface area contributed by atoms with Crippen LogP contribution in [0.1, 0.15) is 21.5 Å². The van der Waals surface area contributed by atoms with Gasteiger partial charge in [0, 0.05) is 15.1 Å². The number of hydrogen-bond acceptors (Lipinski definition) is 1. The molecule has 0 spiro atoms. The highest BCUT2D eigenvalue weighted by molar-refractivity contribution is 9.10. The molecule has 0 aromatic heterocycles. The van der Waals surface area contributed by atoms with Crippen molar-refractivity contribution < 1.29 is 4.79 Å². The molecule has 0 radical (unpaired) electrons. The molecule has 0 aliphatic rings. The molecule has 0 aliphatic heterocycles. The van der Waals surface area contributed by atoms with E-state index in [0.29, 0.717) is 10.6 Å². The Bertz CT molecular complexity index is 308. The van der Waals surface area contributed by atoms with Crippen molar-refractivity contribution in [1.82, 2.24) is 0 Å². The molecule has 0 saturated carbocycles. The number of hydrogen-bond donors (Lipinski definition) is 0. The number of carbonyl (C=O) groups is 1. The van der Waals surface area contributed by atoms with Crippen LogP contribution in [0, 0.1) is 13.8 Å². The van der Waals surface area contributed by atoms with Crippen LogP contribution in [0.3, 0.4) is 0 Å². The molecule has 1 nitrogen and oxygen atoms in total. The van der Waals surface area contributed by atoms with Crippen LogP contribution in [-0.2, 0) is 0 Å². The van der Waals surface area contributed by atoms with Crippen LogP contribution in [-0.4, -0.2) is 6.29 Å². The number of aldehydes is 1. The van der Waals surface area contributed by atoms with Crippen molar-refractivity contribution in [2.75, 3.05) is 0 Å². The molecule has 0 fully saturated rings. The largest absolute Gasteiger partial charge is 0.298 e. The average Bonchev–Trinajstić information content (AvgIpc) is 2.02. The predicted octanol–water partition coefficient (Wildman–Crippen LogP) is 3.53. The maximum Gasteiger partial charge on any atom is 0.150 e. The van der Waals surface area contributed by atoms with Crippen LogP contribution in [0.5, 0.6) is 0 Å². The average molecular weight is 248 g/mol. The fourth-order valence-electron chi connectivity index (χ4n) is 1.04. The molecular formula is C9H8BrClO. The minimum atomic E-state index is 0.620. The van der Waals surface area contributed by atoms with Crippen molar-refractivity contribution in [3.8, 4) is 0 Å². The fourth-order valence-corrected chi connectivity index (χ4v) is 1.83. The van der Waals surface area contributed by atoms with E-state index < -0.39 is 0 Å². The first-order valence-electron chi connectivity index (χ1n) is 3.48. The van der Waals surface area contributed by atoms with Crippen molar-refractivity contribution in [3.05, 3.63) is 32.3 Å². The van der Waals surface area contributed by atoms with Crippen molar-refractivity contribution >= 4 is 33.8 Å². The lowest BCUT2D eigenvalue weighted by Gasteiger charge is -2.07. The normalized spacial score (nSPS) is 10.0. The van der Waals surface area contributed by atoms with Crippen LogP contribution in [0.4, 0.5) is 0 Å². The number of benzene rings is 1. The Labute approximate surface area is 84.9 Å². The molecule has 0 aliphatic carbocycles. The van der Waals surface area contributed by atoms with E-state index in [1.54, 1.807) is 6.07 Å². The van der Waals surface area contributed by atoms with Crippen molar-refractivity contribution in [1.29, 1.82) is 0 Å². The zero-order valence-electron chi connectivity index (χ0n) is 6.82.